The van der Waals surface area contributed by atoms with E-state index in [-0.39, 0.29) is 6.10 Å². The van der Waals surface area contributed by atoms with Gasteiger partial charge in [0.1, 0.15) is 6.10 Å². The number of aliphatic hydroxyl groups excluding tert-OH is 2. The molecule has 0 bridgehead atoms. The molecular formula is C6H10O4. The molecule has 0 radical (unpaired) electrons. The van der Waals surface area contributed by atoms with Gasteiger partial charge in [0.05, 0.1) is 6.10 Å². The topological polar surface area (TPSA) is 66.8 Å². The number of ether oxygens (including phenoxy) is 1. The number of carbonyl (C=O) groups excluding carboxylic acids is 1. The summed E-state index contributed by atoms with van der Waals surface area (Å²) in [5.74, 6) is -0.730. The van der Waals surface area contributed by atoms with E-state index in [0.717, 1.165) is 0 Å². The monoisotopic (exact) mass is 146 g/mol. The molecule has 1 aliphatic rings. The second-order valence-corrected chi connectivity index (χ2v) is 2.50. The van der Waals surface area contributed by atoms with Gasteiger partial charge in [-0.15, -0.1) is 0 Å². The smallest absolute Gasteiger partial charge is 0.337 e. The maximum atomic E-state index is 10.6. The molecule has 4 heteroatoms. The Morgan fingerprint density at radius 3 is 2.70 bits per heavy atom. The Labute approximate surface area is 58.4 Å². The molecule has 0 amide bonds. The lowest BCUT2D eigenvalue weighted by Crippen LogP contribution is -2.44. The summed E-state index contributed by atoms with van der Waals surface area (Å²) in [6, 6.07) is 0. The molecular weight excluding hydrogens is 136 g/mol. The van der Waals surface area contributed by atoms with Crippen LogP contribution in [0.1, 0.15) is 13.3 Å². The summed E-state index contributed by atoms with van der Waals surface area (Å²) in [4.78, 5) is 10.6. The molecule has 10 heavy (non-hydrogen) atoms. The maximum absolute atomic E-state index is 10.6. The number of rotatable bonds is 0. The minimum atomic E-state index is -1.35. The number of aliphatic hydroxyl groups is 2. The highest BCUT2D eigenvalue weighted by Crippen LogP contribution is 2.14. The van der Waals surface area contributed by atoms with Crippen molar-refractivity contribution in [2.24, 2.45) is 0 Å². The van der Waals surface area contributed by atoms with Gasteiger partial charge in [-0.1, -0.05) is 0 Å². The van der Waals surface area contributed by atoms with Crippen molar-refractivity contribution in [3.05, 3.63) is 0 Å². The molecule has 0 aromatic carbocycles. The van der Waals surface area contributed by atoms with E-state index in [0.29, 0.717) is 6.42 Å². The van der Waals surface area contributed by atoms with E-state index in [1.165, 1.54) is 0 Å². The van der Waals surface area contributed by atoms with E-state index in [2.05, 4.69) is 4.74 Å². The Morgan fingerprint density at radius 2 is 2.20 bits per heavy atom. The average molecular weight is 146 g/mol. The maximum Gasteiger partial charge on any atom is 0.337 e. The number of carbonyl (C=O) groups is 1. The van der Waals surface area contributed by atoms with Crippen LogP contribution in [0, 0.1) is 0 Å². The van der Waals surface area contributed by atoms with Gasteiger partial charge in [0.2, 0.25) is 0 Å². The zero-order chi connectivity index (χ0) is 7.72. The van der Waals surface area contributed by atoms with Crippen LogP contribution >= 0.6 is 0 Å². The summed E-state index contributed by atoms with van der Waals surface area (Å²) in [7, 11) is 0. The van der Waals surface area contributed by atoms with Crippen LogP contribution in [0.5, 0.6) is 0 Å². The molecule has 58 valence electrons. The highest BCUT2D eigenvalue weighted by molar-refractivity contribution is 5.76. The van der Waals surface area contributed by atoms with E-state index in [9.17, 15) is 4.79 Å². The molecule has 0 spiro atoms. The van der Waals surface area contributed by atoms with Crippen LogP contribution < -0.4 is 0 Å². The lowest BCUT2D eigenvalue weighted by atomic mass is 10.0. The van der Waals surface area contributed by atoms with Gasteiger partial charge < -0.3 is 14.9 Å². The van der Waals surface area contributed by atoms with Crippen molar-refractivity contribution in [1.82, 2.24) is 0 Å². The van der Waals surface area contributed by atoms with Crippen LogP contribution in [0.4, 0.5) is 0 Å². The van der Waals surface area contributed by atoms with Crippen LogP contribution in [-0.2, 0) is 9.53 Å². The molecule has 0 saturated carbocycles. The number of esters is 1. The number of hydrogen-bond donors (Lipinski definition) is 2. The Hall–Kier alpha value is -0.610. The average Bonchev–Trinajstić information content (AvgIpc) is 1.82. The van der Waals surface area contributed by atoms with Gasteiger partial charge in [-0.3, -0.25) is 0 Å². The fraction of sp³-hybridized carbons (Fsp3) is 0.833. The second-order valence-electron chi connectivity index (χ2n) is 2.50. The van der Waals surface area contributed by atoms with Gasteiger partial charge in [-0.25, -0.2) is 4.79 Å². The summed E-state index contributed by atoms with van der Waals surface area (Å²) in [6.07, 6.45) is -2.29. The highest BCUT2D eigenvalue weighted by atomic mass is 16.6. The molecule has 1 fully saturated rings. The minimum Gasteiger partial charge on any atom is -0.461 e. The van der Waals surface area contributed by atoms with Gasteiger partial charge >= 0.3 is 5.97 Å². The van der Waals surface area contributed by atoms with Gasteiger partial charge in [0.25, 0.3) is 0 Å². The third-order valence-electron chi connectivity index (χ3n) is 1.50. The summed E-state index contributed by atoms with van der Waals surface area (Å²) in [5.41, 5.74) is 0. The Bertz CT molecular complexity index is 145. The van der Waals surface area contributed by atoms with E-state index in [4.69, 9.17) is 10.2 Å². The largest absolute Gasteiger partial charge is 0.461 e. The van der Waals surface area contributed by atoms with Gasteiger partial charge in [0.15, 0.2) is 6.10 Å². The zero-order valence-electron chi connectivity index (χ0n) is 5.65. The number of cyclic esters (lactones) is 1. The van der Waals surface area contributed by atoms with Crippen molar-refractivity contribution in [3.63, 3.8) is 0 Å². The standard InChI is InChI=1S/C6H10O4/c1-3-2-4(7)5(8)6(9)10-3/h3-5,7-8H,2H2,1H3/t3-,4-,5+/m1/s1. The minimum absolute atomic E-state index is 0.286. The lowest BCUT2D eigenvalue weighted by Gasteiger charge is -2.26. The first-order valence-electron chi connectivity index (χ1n) is 3.18. The first kappa shape index (κ1) is 7.50. The molecule has 1 rings (SSSR count). The van der Waals surface area contributed by atoms with Crippen LogP contribution in [0.25, 0.3) is 0 Å². The van der Waals surface area contributed by atoms with Crippen LogP contribution in [0.15, 0.2) is 0 Å². The third-order valence-corrected chi connectivity index (χ3v) is 1.50. The van der Waals surface area contributed by atoms with Gasteiger partial charge in [0, 0.05) is 6.42 Å². The van der Waals surface area contributed by atoms with Gasteiger partial charge in [-0.05, 0) is 6.92 Å². The van der Waals surface area contributed by atoms with Crippen molar-refractivity contribution < 1.29 is 19.7 Å². The van der Waals surface area contributed by atoms with Crippen molar-refractivity contribution >= 4 is 5.97 Å². The summed E-state index contributed by atoms with van der Waals surface area (Å²) >= 11 is 0. The first-order valence-corrected chi connectivity index (χ1v) is 3.18. The van der Waals surface area contributed by atoms with Crippen molar-refractivity contribution in [1.29, 1.82) is 0 Å². The molecule has 1 saturated heterocycles. The Morgan fingerprint density at radius 1 is 1.60 bits per heavy atom. The zero-order valence-corrected chi connectivity index (χ0v) is 5.65. The second kappa shape index (κ2) is 2.56. The molecule has 2 N–H and O–H groups in total. The predicted octanol–water partition coefficient (Wildman–Crippen LogP) is -0.956. The molecule has 0 aliphatic carbocycles. The normalized spacial score (nSPS) is 41.1. The van der Waals surface area contributed by atoms with Crippen molar-refractivity contribution in [2.45, 2.75) is 31.7 Å². The van der Waals surface area contributed by atoms with Crippen molar-refractivity contribution in [2.75, 3.05) is 0 Å². The molecule has 0 aromatic heterocycles. The third kappa shape index (κ3) is 1.27. The van der Waals surface area contributed by atoms with Crippen LogP contribution in [0.3, 0.4) is 0 Å². The Kier molecular flexibility index (Phi) is 1.92. The molecule has 4 nitrogen and oxygen atoms in total. The first-order chi connectivity index (χ1) is 4.61. The SMILES string of the molecule is C[C@@H]1C[C@@H](O)[C@H](O)C(=O)O1. The lowest BCUT2D eigenvalue weighted by molar-refractivity contribution is -0.177. The molecule has 0 unspecified atom stereocenters. The van der Waals surface area contributed by atoms with E-state index in [1.54, 1.807) is 6.92 Å². The highest BCUT2D eigenvalue weighted by Gasteiger charge is 2.33. The molecule has 1 aliphatic heterocycles. The van der Waals surface area contributed by atoms with E-state index in [1.807, 2.05) is 0 Å². The summed E-state index contributed by atoms with van der Waals surface area (Å²) in [6.45, 7) is 1.67. The fourth-order valence-corrected chi connectivity index (χ4v) is 0.942. The van der Waals surface area contributed by atoms with Crippen molar-refractivity contribution in [3.8, 4) is 0 Å². The summed E-state index contributed by atoms with van der Waals surface area (Å²) < 4.78 is 4.62. The molecule has 0 aromatic rings. The number of hydrogen-bond acceptors (Lipinski definition) is 4. The summed E-state index contributed by atoms with van der Waals surface area (Å²) in [5, 5.41) is 17.8. The fourth-order valence-electron chi connectivity index (χ4n) is 0.942. The Balaban J connectivity index is 2.57. The quantitative estimate of drug-likeness (QED) is 0.432. The van der Waals surface area contributed by atoms with Crippen LogP contribution in [0.2, 0.25) is 0 Å². The van der Waals surface area contributed by atoms with Gasteiger partial charge in [-0.2, -0.15) is 0 Å². The van der Waals surface area contributed by atoms with E-state index >= 15 is 0 Å². The molecule has 1 heterocycles. The molecule has 3 atom stereocenters. The predicted molar refractivity (Wildman–Crippen MR) is 32.2 cm³/mol. The van der Waals surface area contributed by atoms with Crippen LogP contribution in [-0.4, -0.2) is 34.5 Å². The van der Waals surface area contributed by atoms with E-state index < -0.39 is 18.2 Å².